The first-order chi connectivity index (χ1) is 20.2. The monoisotopic (exact) mass is 551 g/mol. The fourth-order valence-electron chi connectivity index (χ4n) is 6.66. The number of hydrogen-bond donors (Lipinski definition) is 0. The highest BCUT2D eigenvalue weighted by Gasteiger charge is 2.29. The molecule has 1 saturated carbocycles. The van der Waals surface area contributed by atoms with Crippen molar-refractivity contribution in [1.82, 2.24) is 9.80 Å². The van der Waals surface area contributed by atoms with Crippen molar-refractivity contribution in [2.75, 3.05) is 51.3 Å². The van der Waals surface area contributed by atoms with Gasteiger partial charge in [0.2, 0.25) is 0 Å². The second kappa shape index (κ2) is 14.4. The minimum Gasteiger partial charge on any atom is -0.494 e. The molecule has 0 spiro atoms. The quantitative estimate of drug-likeness (QED) is 0.241. The van der Waals surface area contributed by atoms with Crippen LogP contribution in [0.1, 0.15) is 65.9 Å². The number of hydrogen-bond acceptors (Lipinski definition) is 4. The van der Waals surface area contributed by atoms with Gasteiger partial charge in [-0.1, -0.05) is 92.1 Å². The summed E-state index contributed by atoms with van der Waals surface area (Å²) in [6, 6.07) is 28.1. The van der Waals surface area contributed by atoms with Crippen molar-refractivity contribution in [1.29, 1.82) is 0 Å². The molecular weight excluding hydrogens is 506 g/mol. The van der Waals surface area contributed by atoms with E-state index in [9.17, 15) is 4.79 Å². The minimum absolute atomic E-state index is 0.0574. The van der Waals surface area contributed by atoms with Crippen molar-refractivity contribution >= 4 is 11.6 Å². The highest BCUT2D eigenvalue weighted by Crippen LogP contribution is 2.35. The van der Waals surface area contributed by atoms with Crippen LogP contribution >= 0.6 is 0 Å². The Hall–Kier alpha value is -3.57. The topological polar surface area (TPSA) is 36.0 Å². The summed E-state index contributed by atoms with van der Waals surface area (Å²) >= 11 is 0. The van der Waals surface area contributed by atoms with Crippen molar-refractivity contribution in [2.24, 2.45) is 0 Å². The average Bonchev–Trinajstić information content (AvgIpc) is 3.05. The third-order valence-corrected chi connectivity index (χ3v) is 8.88. The molecule has 0 unspecified atom stereocenters. The van der Waals surface area contributed by atoms with Gasteiger partial charge in [0.1, 0.15) is 0 Å². The largest absolute Gasteiger partial charge is 0.494 e. The van der Waals surface area contributed by atoms with E-state index in [0.717, 1.165) is 57.7 Å². The molecule has 0 atom stereocenters. The summed E-state index contributed by atoms with van der Waals surface area (Å²) in [6.07, 6.45) is 8.70. The Labute approximate surface area is 246 Å². The molecule has 5 rings (SSSR count). The third kappa shape index (κ3) is 7.02. The van der Waals surface area contributed by atoms with Gasteiger partial charge in [0.25, 0.3) is 5.91 Å². The summed E-state index contributed by atoms with van der Waals surface area (Å²) in [4.78, 5) is 20.8. The summed E-state index contributed by atoms with van der Waals surface area (Å²) in [7, 11) is 1.69. The van der Waals surface area contributed by atoms with Crippen LogP contribution in [0, 0.1) is 0 Å². The number of methoxy groups -OCH3 is 1. The Morgan fingerprint density at radius 3 is 2.12 bits per heavy atom. The summed E-state index contributed by atoms with van der Waals surface area (Å²) in [5, 5.41) is 0. The number of rotatable bonds is 11. The number of amides is 1. The molecule has 3 aromatic rings. The van der Waals surface area contributed by atoms with E-state index in [2.05, 4.69) is 83.1 Å². The van der Waals surface area contributed by atoms with Crippen LogP contribution < -0.4 is 9.64 Å². The number of ether oxygens (including phenoxy) is 1. The summed E-state index contributed by atoms with van der Waals surface area (Å²) in [6.45, 7) is 9.36. The van der Waals surface area contributed by atoms with Gasteiger partial charge in [0.15, 0.2) is 5.75 Å². The van der Waals surface area contributed by atoms with Crippen molar-refractivity contribution in [3.8, 4) is 5.75 Å². The fraction of sp³-hybridized carbons (Fsp3) is 0.417. The molecule has 2 aliphatic rings. The van der Waals surface area contributed by atoms with Gasteiger partial charge < -0.3 is 14.5 Å². The highest BCUT2D eigenvalue weighted by molar-refractivity contribution is 5.99. The number of nitrogens with zero attached hydrogens (tertiary/aromatic N) is 3. The van der Waals surface area contributed by atoms with E-state index in [1.807, 2.05) is 23.1 Å². The van der Waals surface area contributed by atoms with Crippen LogP contribution in [0.15, 0.2) is 91.5 Å². The first-order valence-corrected chi connectivity index (χ1v) is 15.4. The van der Waals surface area contributed by atoms with Crippen LogP contribution in [-0.2, 0) is 0 Å². The molecule has 5 heteroatoms. The molecule has 1 aliphatic carbocycles. The van der Waals surface area contributed by atoms with Crippen molar-refractivity contribution in [3.05, 3.63) is 108 Å². The zero-order valence-corrected chi connectivity index (χ0v) is 24.6. The Bertz CT molecular complexity index is 1210. The lowest BCUT2D eigenvalue weighted by Gasteiger charge is -2.38. The standard InChI is InChI=1S/C36H45N3O2/c1-3-23-39(31-18-11-6-12-19-31)36(40)33-20-13-21-34(35(33)41-2)38-27-25-37(26-28-38)24-22-32(29-14-7-4-8-15-29)30-16-9-5-10-17-30/h3-5,7-10,13-17,20-21,31-32H,1,6,11-12,18-19,22-28H2,2H3. The van der Waals surface area contributed by atoms with Crippen LogP contribution in [-0.4, -0.2) is 68.1 Å². The third-order valence-electron chi connectivity index (χ3n) is 8.88. The SMILES string of the molecule is C=CCN(C(=O)c1cccc(N2CCN(CCC(c3ccccc3)c3ccccc3)CC2)c1OC)C1CCCCC1. The zero-order valence-electron chi connectivity index (χ0n) is 24.6. The van der Waals surface area contributed by atoms with Gasteiger partial charge in [-0.3, -0.25) is 9.69 Å². The van der Waals surface area contributed by atoms with Crippen LogP contribution in [0.4, 0.5) is 5.69 Å². The second-order valence-corrected chi connectivity index (χ2v) is 11.4. The fourth-order valence-corrected chi connectivity index (χ4v) is 6.66. The van der Waals surface area contributed by atoms with E-state index in [-0.39, 0.29) is 11.9 Å². The van der Waals surface area contributed by atoms with E-state index in [4.69, 9.17) is 4.74 Å². The molecular formula is C36H45N3O2. The number of carbonyl (C=O) groups excluding carboxylic acids is 1. The van der Waals surface area contributed by atoms with Crippen LogP contribution in [0.25, 0.3) is 0 Å². The van der Waals surface area contributed by atoms with Crippen molar-refractivity contribution in [3.63, 3.8) is 0 Å². The molecule has 1 heterocycles. The number of para-hydroxylation sites is 1. The second-order valence-electron chi connectivity index (χ2n) is 11.4. The maximum Gasteiger partial charge on any atom is 0.258 e. The Morgan fingerprint density at radius 1 is 0.902 bits per heavy atom. The molecule has 41 heavy (non-hydrogen) atoms. The van der Waals surface area contributed by atoms with E-state index in [1.54, 1.807) is 7.11 Å². The molecule has 0 aromatic heterocycles. The molecule has 0 bridgehead atoms. The van der Waals surface area contributed by atoms with Gasteiger partial charge in [-0.15, -0.1) is 6.58 Å². The van der Waals surface area contributed by atoms with E-state index in [1.165, 1.54) is 30.4 Å². The lowest BCUT2D eigenvalue weighted by atomic mass is 9.88. The summed E-state index contributed by atoms with van der Waals surface area (Å²) < 4.78 is 5.94. The smallest absolute Gasteiger partial charge is 0.258 e. The van der Waals surface area contributed by atoms with E-state index in [0.29, 0.717) is 23.8 Å². The predicted octanol–water partition coefficient (Wildman–Crippen LogP) is 7.00. The minimum atomic E-state index is 0.0574. The predicted molar refractivity (Wildman–Crippen MR) is 169 cm³/mol. The molecule has 5 nitrogen and oxygen atoms in total. The molecule has 3 aromatic carbocycles. The first-order valence-electron chi connectivity index (χ1n) is 15.4. The molecule has 0 radical (unpaired) electrons. The van der Waals surface area contributed by atoms with Gasteiger partial charge in [-0.2, -0.15) is 0 Å². The van der Waals surface area contributed by atoms with Gasteiger partial charge in [-0.05, 0) is 49.1 Å². The van der Waals surface area contributed by atoms with Gasteiger partial charge in [-0.25, -0.2) is 0 Å². The van der Waals surface area contributed by atoms with Gasteiger partial charge in [0.05, 0.1) is 18.4 Å². The zero-order chi connectivity index (χ0) is 28.4. The maximum atomic E-state index is 13.9. The van der Waals surface area contributed by atoms with Crippen molar-refractivity contribution in [2.45, 2.75) is 50.5 Å². The van der Waals surface area contributed by atoms with Gasteiger partial charge >= 0.3 is 0 Å². The van der Waals surface area contributed by atoms with Gasteiger partial charge in [0, 0.05) is 44.7 Å². The molecule has 1 saturated heterocycles. The maximum absolute atomic E-state index is 13.9. The average molecular weight is 552 g/mol. The Morgan fingerprint density at radius 2 is 1.54 bits per heavy atom. The number of anilines is 1. The van der Waals surface area contributed by atoms with Crippen molar-refractivity contribution < 1.29 is 9.53 Å². The Kier molecular flexibility index (Phi) is 10.1. The normalized spacial score (nSPS) is 16.5. The molecule has 216 valence electrons. The molecule has 1 aliphatic heterocycles. The highest BCUT2D eigenvalue weighted by atomic mass is 16.5. The summed E-state index contributed by atoms with van der Waals surface area (Å²) in [5.74, 6) is 1.15. The number of benzene rings is 3. The number of piperazine rings is 1. The first kappa shape index (κ1) is 28.9. The van der Waals surface area contributed by atoms with Crippen LogP contribution in [0.3, 0.4) is 0 Å². The Balaban J connectivity index is 1.25. The molecule has 0 N–H and O–H groups in total. The van der Waals surface area contributed by atoms with Crippen LogP contribution in [0.5, 0.6) is 5.75 Å². The number of carbonyl (C=O) groups is 1. The van der Waals surface area contributed by atoms with E-state index >= 15 is 0 Å². The molecule has 2 fully saturated rings. The lowest BCUT2D eigenvalue weighted by Crippen LogP contribution is -2.47. The lowest BCUT2D eigenvalue weighted by molar-refractivity contribution is 0.0659. The van der Waals surface area contributed by atoms with E-state index < -0.39 is 0 Å². The summed E-state index contributed by atoms with van der Waals surface area (Å²) in [5.41, 5.74) is 4.43. The molecule has 1 amide bonds. The van der Waals surface area contributed by atoms with Crippen LogP contribution in [0.2, 0.25) is 0 Å².